The predicted octanol–water partition coefficient (Wildman–Crippen LogP) is 1.40. The first-order valence-electron chi connectivity index (χ1n) is 5.10. The van der Waals surface area contributed by atoms with Gasteiger partial charge in [-0.25, -0.2) is 0 Å². The van der Waals surface area contributed by atoms with Crippen molar-refractivity contribution in [1.82, 2.24) is 4.90 Å². The Labute approximate surface area is 80.3 Å². The highest BCUT2D eigenvalue weighted by molar-refractivity contribution is 4.92. The maximum absolute atomic E-state index is 8.97. The summed E-state index contributed by atoms with van der Waals surface area (Å²) in [7, 11) is 0. The largest absolute Gasteiger partial charge is 0.379 e. The zero-order chi connectivity index (χ0) is 9.52. The van der Waals surface area contributed by atoms with Crippen molar-refractivity contribution in [2.45, 2.75) is 32.2 Å². The molecule has 13 heavy (non-hydrogen) atoms. The van der Waals surface area contributed by atoms with Crippen LogP contribution in [0.3, 0.4) is 0 Å². The molecule has 0 aromatic carbocycles. The van der Waals surface area contributed by atoms with Gasteiger partial charge in [-0.2, -0.15) is 5.26 Å². The van der Waals surface area contributed by atoms with Crippen molar-refractivity contribution in [3.05, 3.63) is 0 Å². The van der Waals surface area contributed by atoms with Crippen LogP contribution in [-0.2, 0) is 4.74 Å². The summed E-state index contributed by atoms with van der Waals surface area (Å²) >= 11 is 0. The van der Waals surface area contributed by atoms with E-state index in [1.807, 2.05) is 0 Å². The summed E-state index contributed by atoms with van der Waals surface area (Å²) in [5.41, 5.74) is 0. The lowest BCUT2D eigenvalue weighted by Crippen LogP contribution is -2.42. The Morgan fingerprint density at radius 2 is 2.15 bits per heavy atom. The minimum atomic E-state index is 0.115. The highest BCUT2D eigenvalue weighted by atomic mass is 16.5. The van der Waals surface area contributed by atoms with Crippen molar-refractivity contribution < 1.29 is 4.74 Å². The van der Waals surface area contributed by atoms with Gasteiger partial charge in [0, 0.05) is 13.1 Å². The van der Waals surface area contributed by atoms with Crippen molar-refractivity contribution in [3.63, 3.8) is 0 Å². The van der Waals surface area contributed by atoms with E-state index >= 15 is 0 Å². The molecule has 3 heteroatoms. The maximum atomic E-state index is 8.97. The molecule has 0 aliphatic carbocycles. The molecule has 0 saturated carbocycles. The summed E-state index contributed by atoms with van der Waals surface area (Å²) in [4.78, 5) is 2.24. The highest BCUT2D eigenvalue weighted by Gasteiger charge is 2.19. The molecule has 1 fully saturated rings. The SMILES string of the molecule is CCCCC(C#N)N1CCOCC1. The third-order valence-electron chi connectivity index (χ3n) is 2.47. The number of nitrogens with zero attached hydrogens (tertiary/aromatic N) is 2. The molecule has 1 aliphatic heterocycles. The first-order chi connectivity index (χ1) is 6.38. The van der Waals surface area contributed by atoms with Crippen LogP contribution in [0.1, 0.15) is 26.2 Å². The maximum Gasteiger partial charge on any atom is 0.0979 e. The molecular formula is C10H18N2O. The van der Waals surface area contributed by atoms with Gasteiger partial charge in [0.05, 0.1) is 25.3 Å². The van der Waals surface area contributed by atoms with Gasteiger partial charge < -0.3 is 4.74 Å². The molecule has 3 nitrogen and oxygen atoms in total. The molecule has 1 heterocycles. The number of hydrogen-bond donors (Lipinski definition) is 0. The van der Waals surface area contributed by atoms with E-state index in [0.717, 1.165) is 39.1 Å². The topological polar surface area (TPSA) is 36.3 Å². The molecule has 1 saturated heterocycles. The van der Waals surface area contributed by atoms with Crippen LogP contribution < -0.4 is 0 Å². The van der Waals surface area contributed by atoms with Crippen LogP contribution in [0.2, 0.25) is 0 Å². The van der Waals surface area contributed by atoms with Gasteiger partial charge in [-0.3, -0.25) is 4.90 Å². The number of hydrogen-bond acceptors (Lipinski definition) is 3. The van der Waals surface area contributed by atoms with Crippen molar-refractivity contribution in [2.75, 3.05) is 26.3 Å². The molecule has 74 valence electrons. The van der Waals surface area contributed by atoms with E-state index in [1.165, 1.54) is 6.42 Å². The molecule has 1 unspecified atom stereocenters. The van der Waals surface area contributed by atoms with E-state index in [1.54, 1.807) is 0 Å². The normalized spacial score (nSPS) is 20.9. The average Bonchev–Trinajstić information content (AvgIpc) is 2.21. The lowest BCUT2D eigenvalue weighted by molar-refractivity contribution is 0.0252. The summed E-state index contributed by atoms with van der Waals surface area (Å²) in [6.07, 6.45) is 3.32. The Balaban J connectivity index is 2.31. The molecule has 0 spiro atoms. The minimum Gasteiger partial charge on any atom is -0.379 e. The van der Waals surface area contributed by atoms with Crippen LogP contribution in [0, 0.1) is 11.3 Å². The van der Waals surface area contributed by atoms with Crippen LogP contribution in [0.15, 0.2) is 0 Å². The van der Waals surface area contributed by atoms with Gasteiger partial charge in [0.15, 0.2) is 0 Å². The van der Waals surface area contributed by atoms with Crippen molar-refractivity contribution >= 4 is 0 Å². The second-order valence-corrected chi connectivity index (χ2v) is 3.44. The van der Waals surface area contributed by atoms with Gasteiger partial charge in [-0.1, -0.05) is 19.8 Å². The standard InChI is InChI=1S/C10H18N2O/c1-2-3-4-10(9-11)12-5-7-13-8-6-12/h10H,2-8H2,1H3. The van der Waals surface area contributed by atoms with Crippen LogP contribution in [0.5, 0.6) is 0 Å². The monoisotopic (exact) mass is 182 g/mol. The summed E-state index contributed by atoms with van der Waals surface area (Å²) in [6.45, 7) is 5.56. The fourth-order valence-electron chi connectivity index (χ4n) is 1.62. The first-order valence-corrected chi connectivity index (χ1v) is 5.10. The molecule has 0 N–H and O–H groups in total. The van der Waals surface area contributed by atoms with Crippen molar-refractivity contribution in [3.8, 4) is 6.07 Å². The van der Waals surface area contributed by atoms with Gasteiger partial charge in [-0.15, -0.1) is 0 Å². The van der Waals surface area contributed by atoms with Crippen molar-refractivity contribution in [1.29, 1.82) is 5.26 Å². The molecule has 1 aliphatic rings. The average molecular weight is 182 g/mol. The van der Waals surface area contributed by atoms with Crippen LogP contribution >= 0.6 is 0 Å². The molecule has 0 amide bonds. The third kappa shape index (κ3) is 3.33. The lowest BCUT2D eigenvalue weighted by atomic mass is 10.1. The van der Waals surface area contributed by atoms with Crippen molar-refractivity contribution in [2.24, 2.45) is 0 Å². The van der Waals surface area contributed by atoms with E-state index in [0.29, 0.717) is 0 Å². The van der Waals surface area contributed by atoms with Gasteiger partial charge in [0.2, 0.25) is 0 Å². The third-order valence-corrected chi connectivity index (χ3v) is 2.47. The van der Waals surface area contributed by atoms with Gasteiger partial charge in [-0.05, 0) is 6.42 Å². The van der Waals surface area contributed by atoms with Gasteiger partial charge in [0.1, 0.15) is 0 Å². The second kappa shape index (κ2) is 5.95. The fourth-order valence-corrected chi connectivity index (χ4v) is 1.62. The van der Waals surface area contributed by atoms with E-state index in [4.69, 9.17) is 10.00 Å². The van der Waals surface area contributed by atoms with Crippen LogP contribution in [-0.4, -0.2) is 37.2 Å². The first kappa shape index (κ1) is 10.5. The number of unbranched alkanes of at least 4 members (excludes halogenated alkanes) is 1. The van der Waals surface area contributed by atoms with E-state index < -0.39 is 0 Å². The van der Waals surface area contributed by atoms with Gasteiger partial charge >= 0.3 is 0 Å². The summed E-state index contributed by atoms with van der Waals surface area (Å²) < 4.78 is 5.25. The molecule has 0 bridgehead atoms. The van der Waals surface area contributed by atoms with E-state index in [2.05, 4.69) is 17.9 Å². The van der Waals surface area contributed by atoms with Crippen LogP contribution in [0.25, 0.3) is 0 Å². The number of rotatable bonds is 4. The van der Waals surface area contributed by atoms with Crippen LogP contribution in [0.4, 0.5) is 0 Å². The molecule has 1 rings (SSSR count). The summed E-state index contributed by atoms with van der Waals surface area (Å²) in [5, 5.41) is 8.97. The smallest absolute Gasteiger partial charge is 0.0979 e. The predicted molar refractivity (Wildman–Crippen MR) is 51.3 cm³/mol. The lowest BCUT2D eigenvalue weighted by Gasteiger charge is -2.30. The molecule has 0 radical (unpaired) electrons. The summed E-state index contributed by atoms with van der Waals surface area (Å²) in [6, 6.07) is 2.49. The van der Waals surface area contributed by atoms with E-state index in [-0.39, 0.29) is 6.04 Å². The Morgan fingerprint density at radius 1 is 1.46 bits per heavy atom. The molecular weight excluding hydrogens is 164 g/mol. The Hall–Kier alpha value is -0.590. The van der Waals surface area contributed by atoms with E-state index in [9.17, 15) is 0 Å². The molecule has 0 aromatic heterocycles. The van der Waals surface area contributed by atoms with Gasteiger partial charge in [0.25, 0.3) is 0 Å². The fraction of sp³-hybridized carbons (Fsp3) is 0.900. The Bertz CT molecular complexity index is 170. The molecule has 1 atom stereocenters. The zero-order valence-corrected chi connectivity index (χ0v) is 8.33. The Kier molecular flexibility index (Phi) is 4.81. The second-order valence-electron chi connectivity index (χ2n) is 3.44. The summed E-state index contributed by atoms with van der Waals surface area (Å²) in [5.74, 6) is 0. The number of nitriles is 1. The Morgan fingerprint density at radius 3 is 2.69 bits per heavy atom. The quantitative estimate of drug-likeness (QED) is 0.659. The molecule has 0 aromatic rings. The number of ether oxygens (including phenoxy) is 1. The number of morpholine rings is 1. The minimum absolute atomic E-state index is 0.115. The highest BCUT2D eigenvalue weighted by Crippen LogP contribution is 2.09. The zero-order valence-electron chi connectivity index (χ0n) is 8.33.